The van der Waals surface area contributed by atoms with E-state index in [4.69, 9.17) is 0 Å². The molecule has 2 aliphatic heterocycles. The second-order valence-electron chi connectivity index (χ2n) is 5.65. The first kappa shape index (κ1) is 16.0. The first-order valence-corrected chi connectivity index (χ1v) is 9.91. The summed E-state index contributed by atoms with van der Waals surface area (Å²) in [5.74, 6) is 2.55. The Balaban J connectivity index is 1.61. The smallest absolute Gasteiger partial charge is 0.222 e. The molecule has 0 aromatic rings. The van der Waals surface area contributed by atoms with Crippen LogP contribution in [0.25, 0.3) is 0 Å². The molecule has 2 fully saturated rings. The Bertz CT molecular complexity index is 331. The number of carbonyl (C=O) groups excluding carboxylic acids is 2. The lowest BCUT2D eigenvalue weighted by Gasteiger charge is -2.25. The van der Waals surface area contributed by atoms with E-state index in [0.29, 0.717) is 23.9 Å². The molecule has 0 aromatic carbocycles. The van der Waals surface area contributed by atoms with Gasteiger partial charge in [-0.25, -0.2) is 0 Å². The van der Waals surface area contributed by atoms with Crippen LogP contribution in [-0.2, 0) is 9.59 Å². The molecule has 4 nitrogen and oxygen atoms in total. The number of hydrogen-bond acceptors (Lipinski definition) is 4. The van der Waals surface area contributed by atoms with Gasteiger partial charge in [0.25, 0.3) is 0 Å². The van der Waals surface area contributed by atoms with E-state index >= 15 is 0 Å². The van der Waals surface area contributed by atoms with E-state index in [2.05, 4.69) is 13.8 Å². The highest BCUT2D eigenvalue weighted by atomic mass is 33.1. The topological polar surface area (TPSA) is 40.6 Å². The number of nitrogens with zero attached hydrogens (tertiary/aromatic N) is 2. The van der Waals surface area contributed by atoms with E-state index in [1.54, 1.807) is 0 Å². The standard InChI is InChI=1S/C14H24N2O2S2/c1-11(15-7-3-5-13(15)17)9-19-20-10-12(2)16-8-4-6-14(16)18/h11-12H,3-10H2,1-2H3. The van der Waals surface area contributed by atoms with Crippen molar-refractivity contribution in [1.29, 1.82) is 0 Å². The molecule has 20 heavy (non-hydrogen) atoms. The van der Waals surface area contributed by atoms with E-state index in [1.165, 1.54) is 0 Å². The molecule has 2 rings (SSSR count). The quantitative estimate of drug-likeness (QED) is 0.534. The summed E-state index contributed by atoms with van der Waals surface area (Å²) in [4.78, 5) is 27.3. The average molecular weight is 316 g/mol. The van der Waals surface area contributed by atoms with Crippen molar-refractivity contribution in [2.75, 3.05) is 24.6 Å². The second-order valence-corrected chi connectivity index (χ2v) is 8.20. The van der Waals surface area contributed by atoms with Crippen LogP contribution in [0.3, 0.4) is 0 Å². The largest absolute Gasteiger partial charge is 0.339 e. The number of hydrogen-bond donors (Lipinski definition) is 0. The van der Waals surface area contributed by atoms with Crippen LogP contribution in [0.1, 0.15) is 39.5 Å². The first-order valence-electron chi connectivity index (χ1n) is 7.43. The number of rotatable bonds is 7. The van der Waals surface area contributed by atoms with Gasteiger partial charge in [-0.1, -0.05) is 21.6 Å². The molecule has 2 atom stereocenters. The lowest BCUT2D eigenvalue weighted by atomic mass is 10.3. The summed E-state index contributed by atoms with van der Waals surface area (Å²) in [6, 6.07) is 0.650. The Morgan fingerprint density at radius 2 is 1.30 bits per heavy atom. The molecule has 0 aromatic heterocycles. The van der Waals surface area contributed by atoms with Crippen LogP contribution in [0.2, 0.25) is 0 Å². The van der Waals surface area contributed by atoms with Gasteiger partial charge < -0.3 is 9.80 Å². The lowest BCUT2D eigenvalue weighted by Crippen LogP contribution is -2.36. The van der Waals surface area contributed by atoms with Gasteiger partial charge in [-0.2, -0.15) is 0 Å². The van der Waals surface area contributed by atoms with Crippen LogP contribution in [0.4, 0.5) is 0 Å². The zero-order chi connectivity index (χ0) is 14.5. The molecule has 0 radical (unpaired) electrons. The molecule has 2 unspecified atom stereocenters. The van der Waals surface area contributed by atoms with Gasteiger partial charge in [0.1, 0.15) is 0 Å². The molecule has 0 saturated carbocycles. The van der Waals surface area contributed by atoms with Crippen molar-refractivity contribution < 1.29 is 9.59 Å². The summed E-state index contributed by atoms with van der Waals surface area (Å²) in [5, 5.41) is 0. The lowest BCUT2D eigenvalue weighted by molar-refractivity contribution is -0.129. The van der Waals surface area contributed by atoms with Gasteiger partial charge in [-0.15, -0.1) is 0 Å². The Morgan fingerprint density at radius 3 is 1.60 bits per heavy atom. The molecule has 6 heteroatoms. The monoisotopic (exact) mass is 316 g/mol. The summed E-state index contributed by atoms with van der Waals surface area (Å²) < 4.78 is 0. The minimum absolute atomic E-state index is 0.305. The fourth-order valence-corrected chi connectivity index (χ4v) is 5.45. The Hall–Kier alpha value is -0.360. The van der Waals surface area contributed by atoms with Gasteiger partial charge in [0.05, 0.1) is 0 Å². The molecule has 0 aliphatic carbocycles. The van der Waals surface area contributed by atoms with Crippen molar-refractivity contribution in [3.8, 4) is 0 Å². The van der Waals surface area contributed by atoms with Crippen molar-refractivity contribution in [3.63, 3.8) is 0 Å². The van der Waals surface area contributed by atoms with Gasteiger partial charge in [0, 0.05) is 49.5 Å². The van der Waals surface area contributed by atoms with E-state index in [9.17, 15) is 9.59 Å². The van der Waals surface area contributed by atoms with Gasteiger partial charge in [-0.05, 0) is 26.7 Å². The molecule has 0 spiro atoms. The minimum Gasteiger partial charge on any atom is -0.339 e. The summed E-state index contributed by atoms with van der Waals surface area (Å²) in [6.45, 7) is 6.10. The number of amides is 2. The molecule has 0 N–H and O–H groups in total. The number of carbonyl (C=O) groups is 2. The summed E-state index contributed by atoms with van der Waals surface area (Å²) >= 11 is 0. The fraction of sp³-hybridized carbons (Fsp3) is 0.857. The Morgan fingerprint density at radius 1 is 0.900 bits per heavy atom. The highest BCUT2D eigenvalue weighted by molar-refractivity contribution is 8.76. The van der Waals surface area contributed by atoms with Crippen LogP contribution in [0.5, 0.6) is 0 Å². The normalized spacial score (nSPS) is 22.7. The predicted molar refractivity (Wildman–Crippen MR) is 85.7 cm³/mol. The maximum atomic E-state index is 11.6. The third kappa shape index (κ3) is 4.07. The molecule has 2 heterocycles. The maximum absolute atomic E-state index is 11.6. The van der Waals surface area contributed by atoms with Crippen molar-refractivity contribution in [2.45, 2.75) is 51.6 Å². The third-order valence-electron chi connectivity index (χ3n) is 3.99. The van der Waals surface area contributed by atoms with Crippen LogP contribution >= 0.6 is 21.6 Å². The fourth-order valence-electron chi connectivity index (χ4n) is 2.74. The van der Waals surface area contributed by atoms with Crippen LogP contribution in [-0.4, -0.2) is 58.3 Å². The highest BCUT2D eigenvalue weighted by Crippen LogP contribution is 2.27. The average Bonchev–Trinajstić information content (AvgIpc) is 3.02. The van der Waals surface area contributed by atoms with Crippen molar-refractivity contribution in [1.82, 2.24) is 9.80 Å². The van der Waals surface area contributed by atoms with Gasteiger partial charge in [0.2, 0.25) is 11.8 Å². The third-order valence-corrected chi connectivity index (χ3v) is 6.71. The van der Waals surface area contributed by atoms with E-state index in [-0.39, 0.29) is 0 Å². The van der Waals surface area contributed by atoms with Gasteiger partial charge in [0.15, 0.2) is 0 Å². The van der Waals surface area contributed by atoms with Crippen molar-refractivity contribution in [3.05, 3.63) is 0 Å². The second kappa shape index (κ2) is 7.59. The minimum atomic E-state index is 0.305. The number of likely N-dealkylation sites (tertiary alicyclic amines) is 2. The Labute approximate surface area is 129 Å². The van der Waals surface area contributed by atoms with Gasteiger partial charge in [-0.3, -0.25) is 9.59 Å². The summed E-state index contributed by atoms with van der Waals surface area (Å²) in [7, 11) is 3.65. The molecular formula is C14H24N2O2S2. The molecular weight excluding hydrogens is 292 g/mol. The van der Waals surface area contributed by atoms with Gasteiger partial charge >= 0.3 is 0 Å². The summed E-state index contributed by atoms with van der Waals surface area (Å²) in [6.07, 6.45) is 3.46. The predicted octanol–water partition coefficient (Wildman–Crippen LogP) is 2.39. The maximum Gasteiger partial charge on any atom is 0.222 e. The van der Waals surface area contributed by atoms with Crippen LogP contribution < -0.4 is 0 Å². The highest BCUT2D eigenvalue weighted by Gasteiger charge is 2.26. The zero-order valence-corrected chi connectivity index (χ0v) is 14.0. The molecule has 2 aliphatic rings. The SMILES string of the molecule is CC(CSSCC(C)N1CCCC1=O)N1CCCC1=O. The van der Waals surface area contributed by atoms with E-state index < -0.39 is 0 Å². The molecule has 2 saturated heterocycles. The van der Waals surface area contributed by atoms with Crippen LogP contribution in [0, 0.1) is 0 Å². The molecule has 0 bridgehead atoms. The Kier molecular flexibility index (Phi) is 6.08. The van der Waals surface area contributed by atoms with E-state index in [0.717, 1.165) is 50.3 Å². The molecule has 2 amide bonds. The summed E-state index contributed by atoms with van der Waals surface area (Å²) in [5.41, 5.74) is 0. The van der Waals surface area contributed by atoms with Crippen molar-refractivity contribution >= 4 is 33.4 Å². The zero-order valence-electron chi connectivity index (χ0n) is 12.3. The molecule has 114 valence electrons. The van der Waals surface area contributed by atoms with Crippen LogP contribution in [0.15, 0.2) is 0 Å². The first-order chi connectivity index (χ1) is 9.59. The van der Waals surface area contributed by atoms with E-state index in [1.807, 2.05) is 31.4 Å². The van der Waals surface area contributed by atoms with Crippen molar-refractivity contribution in [2.24, 2.45) is 0 Å².